The van der Waals surface area contributed by atoms with Crippen LogP contribution in [0.5, 0.6) is 0 Å². The van der Waals surface area contributed by atoms with E-state index in [1.807, 2.05) is 0 Å². The third kappa shape index (κ3) is 2.12. The van der Waals surface area contributed by atoms with Crippen molar-refractivity contribution < 1.29 is 23.4 Å². The first kappa shape index (κ1) is 10.8. The van der Waals surface area contributed by atoms with Crippen LogP contribution in [-0.4, -0.2) is 30.2 Å². The molecule has 0 spiro atoms. The van der Waals surface area contributed by atoms with E-state index < -0.39 is 12.4 Å². The molecule has 0 aliphatic heterocycles. The predicted octanol–water partition coefficient (Wildman–Crippen LogP) is 1.20. The van der Waals surface area contributed by atoms with Crippen molar-refractivity contribution in [2.45, 2.75) is 31.8 Å². The average molecular weight is 220 g/mol. The normalized spacial score (nSPS) is 38.7. The number of aliphatic hydroxyl groups is 1. The van der Waals surface area contributed by atoms with Crippen LogP contribution in [0.15, 0.2) is 0 Å². The van der Waals surface area contributed by atoms with Crippen LogP contribution in [0.1, 0.15) is 19.3 Å². The van der Waals surface area contributed by atoms with Gasteiger partial charge in [0.25, 0.3) is 0 Å². The Hall–Kier alpha value is -0.710. The van der Waals surface area contributed by atoms with E-state index in [1.165, 1.54) is 0 Å². The van der Waals surface area contributed by atoms with Crippen LogP contribution in [0.2, 0.25) is 0 Å². The van der Waals surface area contributed by atoms with Crippen LogP contribution >= 0.6 is 0 Å². The quantitative estimate of drug-likeness (QED) is 0.727. The Bertz CT molecular complexity index is 257. The number of hydrogen-bond donors (Lipinski definition) is 1. The molecule has 1 N–H and O–H groups in total. The molecule has 5 heteroatoms. The lowest BCUT2D eigenvalue weighted by Crippen LogP contribution is -2.29. The first-order chi connectivity index (χ1) is 7.08. The summed E-state index contributed by atoms with van der Waals surface area (Å²) in [5, 5.41) is 9.58. The number of alkyl halides is 2. The van der Waals surface area contributed by atoms with Crippen LogP contribution in [0, 0.1) is 17.8 Å². The summed E-state index contributed by atoms with van der Waals surface area (Å²) in [7, 11) is 0. The number of halogens is 2. The molecule has 4 unspecified atom stereocenters. The second kappa shape index (κ2) is 4.04. The molecule has 0 radical (unpaired) electrons. The van der Waals surface area contributed by atoms with Crippen molar-refractivity contribution in [2.24, 2.45) is 17.8 Å². The highest BCUT2D eigenvalue weighted by atomic mass is 19.3. The molecule has 0 amide bonds. The summed E-state index contributed by atoms with van der Waals surface area (Å²) in [6.45, 7) is 0.0292. The number of fused-ring (bicyclic) bond motifs is 2. The average Bonchev–Trinajstić information content (AvgIpc) is 2.71. The fourth-order valence-corrected chi connectivity index (χ4v) is 2.90. The third-order valence-corrected chi connectivity index (χ3v) is 3.53. The highest BCUT2D eigenvalue weighted by Crippen LogP contribution is 2.48. The fraction of sp³-hybridized carbons (Fsp3) is 0.900. The Morgan fingerprint density at radius 3 is 2.67 bits per heavy atom. The molecular weight excluding hydrogens is 206 g/mol. The SMILES string of the molecule is O=C(OCC1CC2CC(O)C1C2)C(F)F. The summed E-state index contributed by atoms with van der Waals surface area (Å²) < 4.78 is 28.2. The Labute approximate surface area is 86.4 Å². The molecule has 15 heavy (non-hydrogen) atoms. The van der Waals surface area contributed by atoms with Gasteiger partial charge in [0, 0.05) is 0 Å². The van der Waals surface area contributed by atoms with Crippen molar-refractivity contribution in [3.8, 4) is 0 Å². The molecule has 0 heterocycles. The van der Waals surface area contributed by atoms with Gasteiger partial charge in [0.05, 0.1) is 12.7 Å². The molecule has 4 atom stereocenters. The van der Waals surface area contributed by atoms with Crippen LogP contribution < -0.4 is 0 Å². The second-order valence-corrected chi connectivity index (χ2v) is 4.50. The van der Waals surface area contributed by atoms with Crippen LogP contribution in [0.4, 0.5) is 8.78 Å². The fourth-order valence-electron chi connectivity index (χ4n) is 2.90. The van der Waals surface area contributed by atoms with Gasteiger partial charge in [-0.15, -0.1) is 0 Å². The van der Waals surface area contributed by atoms with Crippen molar-refractivity contribution in [1.29, 1.82) is 0 Å². The van der Waals surface area contributed by atoms with E-state index in [2.05, 4.69) is 4.74 Å². The van der Waals surface area contributed by atoms with Gasteiger partial charge in [0.2, 0.25) is 0 Å². The maximum absolute atomic E-state index is 11.8. The topological polar surface area (TPSA) is 46.5 Å². The summed E-state index contributed by atoms with van der Waals surface area (Å²) in [4.78, 5) is 10.6. The van der Waals surface area contributed by atoms with E-state index in [0.717, 1.165) is 19.3 Å². The van der Waals surface area contributed by atoms with Gasteiger partial charge in [-0.2, -0.15) is 8.78 Å². The number of ether oxygens (including phenoxy) is 1. The van der Waals surface area contributed by atoms with E-state index >= 15 is 0 Å². The first-order valence-corrected chi connectivity index (χ1v) is 5.20. The zero-order chi connectivity index (χ0) is 11.0. The lowest BCUT2D eigenvalue weighted by molar-refractivity contribution is -0.158. The molecular formula is C10H14F2O3. The molecule has 2 rings (SSSR count). The molecule has 2 saturated carbocycles. The second-order valence-electron chi connectivity index (χ2n) is 4.50. The smallest absolute Gasteiger partial charge is 0.373 e. The monoisotopic (exact) mass is 220 g/mol. The van der Waals surface area contributed by atoms with E-state index in [4.69, 9.17) is 0 Å². The zero-order valence-corrected chi connectivity index (χ0v) is 8.23. The minimum absolute atomic E-state index is 0.0292. The molecule has 0 saturated heterocycles. The number of hydrogen-bond acceptors (Lipinski definition) is 3. The van der Waals surface area contributed by atoms with Crippen molar-refractivity contribution in [3.05, 3.63) is 0 Å². The number of carbonyl (C=O) groups excluding carboxylic acids is 1. The summed E-state index contributed by atoms with van der Waals surface area (Å²) in [6, 6.07) is 0. The summed E-state index contributed by atoms with van der Waals surface area (Å²) in [5.41, 5.74) is 0. The minimum Gasteiger partial charge on any atom is -0.461 e. The number of esters is 1. The maximum atomic E-state index is 11.8. The molecule has 0 aromatic carbocycles. The first-order valence-electron chi connectivity index (χ1n) is 5.20. The molecule has 86 valence electrons. The van der Waals surface area contributed by atoms with Gasteiger partial charge in [-0.3, -0.25) is 0 Å². The Kier molecular flexibility index (Phi) is 2.91. The molecule has 0 aromatic rings. The van der Waals surface area contributed by atoms with Crippen molar-refractivity contribution in [3.63, 3.8) is 0 Å². The summed E-state index contributed by atoms with van der Waals surface area (Å²) >= 11 is 0. The minimum atomic E-state index is -3.05. The third-order valence-electron chi connectivity index (χ3n) is 3.53. The maximum Gasteiger partial charge on any atom is 0.373 e. The molecule has 2 fully saturated rings. The van der Waals surface area contributed by atoms with E-state index in [-0.39, 0.29) is 24.5 Å². The van der Waals surface area contributed by atoms with Gasteiger partial charge in [-0.1, -0.05) is 0 Å². The Balaban J connectivity index is 1.79. The Morgan fingerprint density at radius 2 is 2.13 bits per heavy atom. The lowest BCUT2D eigenvalue weighted by Gasteiger charge is -2.25. The van der Waals surface area contributed by atoms with Gasteiger partial charge >= 0.3 is 12.4 Å². The van der Waals surface area contributed by atoms with Gasteiger partial charge in [0.1, 0.15) is 0 Å². The summed E-state index contributed by atoms with van der Waals surface area (Å²) in [6.07, 6.45) is -0.743. The number of aliphatic hydroxyl groups excluding tert-OH is 1. The van der Waals surface area contributed by atoms with Crippen LogP contribution in [0.3, 0.4) is 0 Å². The molecule has 3 nitrogen and oxygen atoms in total. The number of carbonyl (C=O) groups is 1. The van der Waals surface area contributed by atoms with E-state index in [0.29, 0.717) is 5.92 Å². The number of rotatable bonds is 3. The van der Waals surface area contributed by atoms with Gasteiger partial charge in [-0.25, -0.2) is 4.79 Å². The summed E-state index contributed by atoms with van der Waals surface area (Å²) in [5.74, 6) is -0.755. The van der Waals surface area contributed by atoms with Crippen molar-refractivity contribution in [1.82, 2.24) is 0 Å². The van der Waals surface area contributed by atoms with Gasteiger partial charge in [-0.05, 0) is 37.0 Å². The largest absolute Gasteiger partial charge is 0.461 e. The standard InChI is InChI=1S/C10H14F2O3/c11-9(12)10(14)15-4-6-1-5-2-7(6)8(13)3-5/h5-9,13H,1-4H2. The molecule has 2 aliphatic carbocycles. The van der Waals surface area contributed by atoms with Crippen LogP contribution in [-0.2, 0) is 9.53 Å². The zero-order valence-electron chi connectivity index (χ0n) is 8.23. The molecule has 2 aliphatic rings. The molecule has 2 bridgehead atoms. The highest BCUT2D eigenvalue weighted by Gasteiger charge is 2.45. The van der Waals surface area contributed by atoms with E-state index in [1.54, 1.807) is 0 Å². The lowest BCUT2D eigenvalue weighted by atomic mass is 9.87. The molecule has 0 aromatic heterocycles. The van der Waals surface area contributed by atoms with Crippen LogP contribution in [0.25, 0.3) is 0 Å². The van der Waals surface area contributed by atoms with Crippen molar-refractivity contribution in [2.75, 3.05) is 6.61 Å². The highest BCUT2D eigenvalue weighted by molar-refractivity contribution is 5.72. The van der Waals surface area contributed by atoms with E-state index in [9.17, 15) is 18.7 Å². The Morgan fingerprint density at radius 1 is 1.40 bits per heavy atom. The van der Waals surface area contributed by atoms with Gasteiger partial charge < -0.3 is 9.84 Å². The predicted molar refractivity (Wildman–Crippen MR) is 47.3 cm³/mol. The van der Waals surface area contributed by atoms with Gasteiger partial charge in [0.15, 0.2) is 0 Å². The van der Waals surface area contributed by atoms with Crippen molar-refractivity contribution >= 4 is 5.97 Å².